The Hall–Kier alpha value is -2.36. The highest BCUT2D eigenvalue weighted by Gasteiger charge is 2.04. The van der Waals surface area contributed by atoms with Crippen molar-refractivity contribution in [1.29, 1.82) is 0 Å². The lowest BCUT2D eigenvalue weighted by molar-refractivity contribution is -0.116. The Morgan fingerprint density at radius 3 is 2.74 bits per heavy atom. The molecule has 4 heteroatoms. The van der Waals surface area contributed by atoms with Gasteiger partial charge in [0.2, 0.25) is 5.91 Å². The second-order valence-electron chi connectivity index (χ2n) is 4.35. The summed E-state index contributed by atoms with van der Waals surface area (Å²) in [5.74, 6) is -0.0196. The summed E-state index contributed by atoms with van der Waals surface area (Å²) in [4.78, 5) is 15.6. The number of aromatic nitrogens is 1. The Bertz CT molecular complexity index is 540. The Morgan fingerprint density at radius 1 is 1.21 bits per heavy atom. The maximum atomic E-state index is 11.8. The quantitative estimate of drug-likeness (QED) is 0.863. The van der Waals surface area contributed by atoms with Crippen LogP contribution in [-0.2, 0) is 11.2 Å². The van der Waals surface area contributed by atoms with Crippen LogP contribution in [0, 0.1) is 0 Å². The molecule has 19 heavy (non-hydrogen) atoms. The smallest absolute Gasteiger partial charge is 0.224 e. The molecule has 0 atom stereocenters. The fourth-order valence-electron chi connectivity index (χ4n) is 1.83. The van der Waals surface area contributed by atoms with Crippen LogP contribution in [0.2, 0.25) is 0 Å². The van der Waals surface area contributed by atoms with Gasteiger partial charge in [0.1, 0.15) is 0 Å². The van der Waals surface area contributed by atoms with Crippen molar-refractivity contribution in [3.8, 4) is 0 Å². The monoisotopic (exact) mass is 255 g/mol. The zero-order valence-electron chi connectivity index (χ0n) is 10.7. The Morgan fingerprint density at radius 2 is 2.00 bits per heavy atom. The summed E-state index contributed by atoms with van der Waals surface area (Å²) >= 11 is 0. The molecular weight excluding hydrogens is 238 g/mol. The number of amides is 1. The lowest BCUT2D eigenvalue weighted by atomic mass is 10.1. The van der Waals surface area contributed by atoms with E-state index in [0.29, 0.717) is 17.8 Å². The standard InChI is InChI=1S/C15H17N3O/c16-13-11-17-10-9-14(13)18-15(19)8-4-7-12-5-2-1-3-6-12/h1-3,5-6,9-11H,4,7-8,16H2,(H,17,18,19). The first-order valence-corrected chi connectivity index (χ1v) is 6.29. The SMILES string of the molecule is Nc1cnccc1NC(=O)CCCc1ccccc1. The minimum Gasteiger partial charge on any atom is -0.396 e. The highest BCUT2D eigenvalue weighted by molar-refractivity contribution is 5.93. The molecule has 0 saturated carbocycles. The summed E-state index contributed by atoms with van der Waals surface area (Å²) in [5, 5.41) is 2.79. The van der Waals surface area contributed by atoms with Crippen molar-refractivity contribution in [2.45, 2.75) is 19.3 Å². The largest absolute Gasteiger partial charge is 0.396 e. The van der Waals surface area contributed by atoms with Crippen molar-refractivity contribution in [2.24, 2.45) is 0 Å². The molecule has 0 aliphatic rings. The van der Waals surface area contributed by atoms with Crippen molar-refractivity contribution in [1.82, 2.24) is 4.98 Å². The van der Waals surface area contributed by atoms with Crippen LogP contribution in [0.5, 0.6) is 0 Å². The van der Waals surface area contributed by atoms with Gasteiger partial charge in [0.25, 0.3) is 0 Å². The molecule has 0 aliphatic carbocycles. The molecule has 0 saturated heterocycles. The number of pyridine rings is 1. The molecule has 0 unspecified atom stereocenters. The normalized spacial score (nSPS) is 10.1. The lowest BCUT2D eigenvalue weighted by Gasteiger charge is -2.07. The number of carbonyl (C=O) groups is 1. The minimum absolute atomic E-state index is 0.0196. The van der Waals surface area contributed by atoms with Crippen LogP contribution in [0.4, 0.5) is 11.4 Å². The molecule has 2 aromatic rings. The highest BCUT2D eigenvalue weighted by atomic mass is 16.1. The van der Waals surface area contributed by atoms with E-state index in [4.69, 9.17) is 5.73 Å². The van der Waals surface area contributed by atoms with Gasteiger partial charge in [-0.15, -0.1) is 0 Å². The van der Waals surface area contributed by atoms with Crippen LogP contribution in [0.25, 0.3) is 0 Å². The maximum Gasteiger partial charge on any atom is 0.224 e. The summed E-state index contributed by atoms with van der Waals surface area (Å²) < 4.78 is 0. The second kappa shape index (κ2) is 6.54. The molecule has 1 heterocycles. The van der Waals surface area contributed by atoms with Crippen LogP contribution >= 0.6 is 0 Å². The average Bonchev–Trinajstić information content (AvgIpc) is 2.43. The molecule has 4 nitrogen and oxygen atoms in total. The van der Waals surface area contributed by atoms with E-state index in [0.717, 1.165) is 12.8 Å². The number of nitrogens with two attached hydrogens (primary N) is 1. The van der Waals surface area contributed by atoms with Gasteiger partial charge in [0, 0.05) is 12.6 Å². The summed E-state index contributed by atoms with van der Waals surface area (Å²) in [6.07, 6.45) is 5.34. The van der Waals surface area contributed by atoms with Gasteiger partial charge in [0.15, 0.2) is 0 Å². The van der Waals surface area contributed by atoms with Gasteiger partial charge in [-0.1, -0.05) is 30.3 Å². The third-order valence-electron chi connectivity index (χ3n) is 2.84. The van der Waals surface area contributed by atoms with E-state index in [1.807, 2.05) is 18.2 Å². The van der Waals surface area contributed by atoms with Gasteiger partial charge in [-0.3, -0.25) is 9.78 Å². The van der Waals surface area contributed by atoms with E-state index < -0.39 is 0 Å². The number of hydrogen-bond acceptors (Lipinski definition) is 3. The molecule has 98 valence electrons. The third kappa shape index (κ3) is 4.10. The first kappa shape index (κ1) is 13.1. The summed E-state index contributed by atoms with van der Waals surface area (Å²) in [5.41, 5.74) is 8.07. The fourth-order valence-corrected chi connectivity index (χ4v) is 1.83. The third-order valence-corrected chi connectivity index (χ3v) is 2.84. The van der Waals surface area contributed by atoms with Crippen LogP contribution in [0.15, 0.2) is 48.8 Å². The van der Waals surface area contributed by atoms with E-state index >= 15 is 0 Å². The van der Waals surface area contributed by atoms with Gasteiger partial charge in [-0.25, -0.2) is 0 Å². The van der Waals surface area contributed by atoms with Crippen LogP contribution in [0.1, 0.15) is 18.4 Å². The zero-order chi connectivity index (χ0) is 13.5. The Balaban J connectivity index is 1.78. The molecule has 2 rings (SSSR count). The first-order valence-electron chi connectivity index (χ1n) is 6.29. The molecule has 1 amide bonds. The summed E-state index contributed by atoms with van der Waals surface area (Å²) in [7, 11) is 0. The molecule has 0 radical (unpaired) electrons. The lowest BCUT2D eigenvalue weighted by Crippen LogP contribution is -2.13. The van der Waals surface area contributed by atoms with Gasteiger partial charge in [-0.05, 0) is 24.5 Å². The van der Waals surface area contributed by atoms with Gasteiger partial charge in [0.05, 0.1) is 17.6 Å². The van der Waals surface area contributed by atoms with Crippen LogP contribution < -0.4 is 11.1 Å². The van der Waals surface area contributed by atoms with Gasteiger partial charge >= 0.3 is 0 Å². The Kier molecular flexibility index (Phi) is 4.50. The summed E-state index contributed by atoms with van der Waals surface area (Å²) in [6.45, 7) is 0. The topological polar surface area (TPSA) is 68.0 Å². The molecule has 0 aliphatic heterocycles. The fraction of sp³-hybridized carbons (Fsp3) is 0.200. The zero-order valence-corrected chi connectivity index (χ0v) is 10.7. The molecule has 0 spiro atoms. The number of nitrogens with one attached hydrogen (secondary N) is 1. The second-order valence-corrected chi connectivity index (χ2v) is 4.35. The van der Waals surface area contributed by atoms with Crippen molar-refractivity contribution in [2.75, 3.05) is 11.1 Å². The van der Waals surface area contributed by atoms with Crippen molar-refractivity contribution in [3.05, 3.63) is 54.4 Å². The number of rotatable bonds is 5. The number of nitrogens with zero attached hydrogens (tertiary/aromatic N) is 1. The highest BCUT2D eigenvalue weighted by Crippen LogP contribution is 2.15. The maximum absolute atomic E-state index is 11.8. The number of benzene rings is 1. The van der Waals surface area contributed by atoms with Crippen LogP contribution in [-0.4, -0.2) is 10.9 Å². The number of aryl methyl sites for hydroxylation is 1. The molecule has 1 aromatic heterocycles. The van der Waals surface area contributed by atoms with Crippen molar-refractivity contribution in [3.63, 3.8) is 0 Å². The molecule has 1 aromatic carbocycles. The predicted molar refractivity (Wildman–Crippen MR) is 76.7 cm³/mol. The van der Waals surface area contributed by atoms with E-state index in [2.05, 4.69) is 22.4 Å². The molecular formula is C15H17N3O. The number of hydrogen-bond donors (Lipinski definition) is 2. The Labute approximate surface area is 112 Å². The number of carbonyl (C=O) groups excluding carboxylic acids is 1. The number of nitrogen functional groups attached to an aromatic ring is 1. The predicted octanol–water partition coefficient (Wildman–Crippen LogP) is 2.63. The number of anilines is 2. The minimum atomic E-state index is -0.0196. The van der Waals surface area contributed by atoms with E-state index in [9.17, 15) is 4.79 Å². The van der Waals surface area contributed by atoms with E-state index in [1.54, 1.807) is 12.3 Å². The van der Waals surface area contributed by atoms with E-state index in [-0.39, 0.29) is 5.91 Å². The molecule has 0 fully saturated rings. The molecule has 0 bridgehead atoms. The van der Waals surface area contributed by atoms with Crippen molar-refractivity contribution < 1.29 is 4.79 Å². The molecule has 3 N–H and O–H groups in total. The average molecular weight is 255 g/mol. The van der Waals surface area contributed by atoms with Crippen LogP contribution in [0.3, 0.4) is 0 Å². The van der Waals surface area contributed by atoms with Crippen molar-refractivity contribution >= 4 is 17.3 Å². The first-order chi connectivity index (χ1) is 9.25. The van der Waals surface area contributed by atoms with Gasteiger partial charge < -0.3 is 11.1 Å². The van der Waals surface area contributed by atoms with Gasteiger partial charge in [-0.2, -0.15) is 0 Å². The van der Waals surface area contributed by atoms with E-state index in [1.165, 1.54) is 11.8 Å². The summed E-state index contributed by atoms with van der Waals surface area (Å²) in [6, 6.07) is 11.8.